The van der Waals surface area contributed by atoms with E-state index in [0.29, 0.717) is 5.92 Å². The number of likely N-dealkylation sites (N-methyl/N-ethyl adjacent to an activating group) is 1. The maximum atomic E-state index is 9.85. The molecule has 1 saturated carbocycles. The van der Waals surface area contributed by atoms with E-state index >= 15 is 0 Å². The molecule has 2 rings (SSSR count). The summed E-state index contributed by atoms with van der Waals surface area (Å²) in [4.78, 5) is 2.17. The van der Waals surface area contributed by atoms with Crippen LogP contribution in [-0.4, -0.2) is 39.5 Å². The van der Waals surface area contributed by atoms with Crippen molar-refractivity contribution >= 4 is 0 Å². The molecule has 90 valence electrons. The summed E-state index contributed by atoms with van der Waals surface area (Å²) in [5, 5.41) is 14.1. The van der Waals surface area contributed by atoms with E-state index in [4.69, 9.17) is 0 Å². The number of hydrogen-bond donors (Lipinski definition) is 1. The molecular weight excluding hydrogens is 202 g/mol. The van der Waals surface area contributed by atoms with E-state index in [1.165, 1.54) is 24.1 Å². The van der Waals surface area contributed by atoms with E-state index in [2.05, 4.69) is 24.0 Å². The topological polar surface area (TPSA) is 41.3 Å². The Morgan fingerprint density at radius 2 is 2.31 bits per heavy atom. The lowest BCUT2D eigenvalue weighted by atomic mass is 10.2. The van der Waals surface area contributed by atoms with Crippen molar-refractivity contribution in [3.63, 3.8) is 0 Å². The first-order chi connectivity index (χ1) is 7.58. The van der Waals surface area contributed by atoms with Gasteiger partial charge in [-0.2, -0.15) is 5.10 Å². The van der Waals surface area contributed by atoms with Crippen LogP contribution in [0.3, 0.4) is 0 Å². The Morgan fingerprint density at radius 3 is 2.81 bits per heavy atom. The Kier molecular flexibility index (Phi) is 3.30. The molecule has 1 N–H and O–H groups in total. The molecular formula is C12H21N3O. The molecule has 4 nitrogen and oxygen atoms in total. The van der Waals surface area contributed by atoms with Gasteiger partial charge in [0.05, 0.1) is 12.3 Å². The lowest BCUT2D eigenvalue weighted by molar-refractivity contribution is 0.104. The van der Waals surface area contributed by atoms with Crippen molar-refractivity contribution < 1.29 is 5.11 Å². The van der Waals surface area contributed by atoms with E-state index in [9.17, 15) is 5.11 Å². The fourth-order valence-electron chi connectivity index (χ4n) is 2.00. The van der Waals surface area contributed by atoms with Gasteiger partial charge in [0.1, 0.15) is 0 Å². The van der Waals surface area contributed by atoms with Crippen molar-refractivity contribution in [2.45, 2.75) is 32.4 Å². The van der Waals surface area contributed by atoms with Gasteiger partial charge < -0.3 is 5.11 Å². The zero-order valence-corrected chi connectivity index (χ0v) is 10.3. The van der Waals surface area contributed by atoms with Gasteiger partial charge in [-0.25, -0.2) is 0 Å². The first-order valence-electron chi connectivity index (χ1n) is 5.92. The highest BCUT2D eigenvalue weighted by molar-refractivity contribution is 5.15. The summed E-state index contributed by atoms with van der Waals surface area (Å²) in [6.07, 6.45) is 4.15. The van der Waals surface area contributed by atoms with Gasteiger partial charge in [0.25, 0.3) is 0 Å². The molecule has 1 aromatic rings. The summed E-state index contributed by atoms with van der Waals surface area (Å²) in [6.45, 7) is 3.70. The molecule has 0 spiro atoms. The fourth-order valence-corrected chi connectivity index (χ4v) is 2.00. The largest absolute Gasteiger partial charge is 0.392 e. The minimum absolute atomic E-state index is 0.151. The third-order valence-electron chi connectivity index (χ3n) is 3.44. The summed E-state index contributed by atoms with van der Waals surface area (Å²) in [5.41, 5.74) is 2.45. The van der Waals surface area contributed by atoms with Crippen molar-refractivity contribution in [3.05, 3.63) is 17.5 Å². The predicted octanol–water partition coefficient (Wildman–Crippen LogP) is 0.931. The lowest BCUT2D eigenvalue weighted by Crippen LogP contribution is -2.30. The Hall–Kier alpha value is -0.870. The standard InChI is InChI=1S/C12H21N3O/c1-9-11(6-13-15(9)3)7-14(2)8-12(16)10-4-5-10/h6,10,12,16H,4-5,7-8H2,1-3H3. The number of aromatic nitrogens is 2. The van der Waals surface area contributed by atoms with Gasteiger partial charge in [-0.05, 0) is 32.7 Å². The Bertz CT molecular complexity index is 357. The van der Waals surface area contributed by atoms with Crippen LogP contribution in [0.15, 0.2) is 6.20 Å². The predicted molar refractivity (Wildman–Crippen MR) is 63.0 cm³/mol. The first kappa shape index (κ1) is 11.6. The smallest absolute Gasteiger partial charge is 0.0695 e. The van der Waals surface area contributed by atoms with Gasteiger partial charge in [0, 0.05) is 31.4 Å². The van der Waals surface area contributed by atoms with Crippen molar-refractivity contribution in [2.75, 3.05) is 13.6 Å². The van der Waals surface area contributed by atoms with Gasteiger partial charge in [-0.3, -0.25) is 9.58 Å². The molecule has 1 fully saturated rings. The maximum Gasteiger partial charge on any atom is 0.0695 e. The monoisotopic (exact) mass is 223 g/mol. The summed E-state index contributed by atoms with van der Waals surface area (Å²) in [6, 6.07) is 0. The number of nitrogens with zero attached hydrogens (tertiary/aromatic N) is 3. The second kappa shape index (κ2) is 4.55. The van der Waals surface area contributed by atoms with E-state index in [1.807, 2.05) is 17.9 Å². The van der Waals surface area contributed by atoms with Crippen LogP contribution < -0.4 is 0 Å². The summed E-state index contributed by atoms with van der Waals surface area (Å²) in [7, 11) is 4.01. The Balaban J connectivity index is 1.86. The molecule has 0 saturated heterocycles. The molecule has 16 heavy (non-hydrogen) atoms. The minimum Gasteiger partial charge on any atom is -0.392 e. The fraction of sp³-hybridized carbons (Fsp3) is 0.750. The molecule has 1 heterocycles. The Labute approximate surface area is 96.9 Å². The Morgan fingerprint density at radius 1 is 1.62 bits per heavy atom. The molecule has 0 radical (unpaired) electrons. The van der Waals surface area contributed by atoms with Crippen LogP contribution in [0.2, 0.25) is 0 Å². The van der Waals surface area contributed by atoms with Crippen LogP contribution in [-0.2, 0) is 13.6 Å². The molecule has 1 atom stereocenters. The third kappa shape index (κ3) is 2.62. The highest BCUT2D eigenvalue weighted by Crippen LogP contribution is 2.32. The van der Waals surface area contributed by atoms with Crippen molar-refractivity contribution in [2.24, 2.45) is 13.0 Å². The quantitative estimate of drug-likeness (QED) is 0.807. The average molecular weight is 223 g/mol. The van der Waals surface area contributed by atoms with Crippen LogP contribution in [0.1, 0.15) is 24.1 Å². The average Bonchev–Trinajstić information content (AvgIpc) is 3.02. The summed E-state index contributed by atoms with van der Waals surface area (Å²) in [5.74, 6) is 0.553. The van der Waals surface area contributed by atoms with E-state index in [1.54, 1.807) is 0 Å². The first-order valence-corrected chi connectivity index (χ1v) is 5.92. The van der Waals surface area contributed by atoms with Crippen LogP contribution in [0.25, 0.3) is 0 Å². The zero-order valence-electron chi connectivity index (χ0n) is 10.3. The lowest BCUT2D eigenvalue weighted by Gasteiger charge is -2.20. The van der Waals surface area contributed by atoms with Crippen LogP contribution >= 0.6 is 0 Å². The molecule has 1 unspecified atom stereocenters. The van der Waals surface area contributed by atoms with Gasteiger partial charge in [-0.1, -0.05) is 0 Å². The zero-order chi connectivity index (χ0) is 11.7. The van der Waals surface area contributed by atoms with Crippen LogP contribution in [0, 0.1) is 12.8 Å². The minimum atomic E-state index is -0.151. The molecule has 0 aliphatic heterocycles. The summed E-state index contributed by atoms with van der Waals surface area (Å²) < 4.78 is 1.89. The van der Waals surface area contributed by atoms with Gasteiger partial charge in [0.15, 0.2) is 0 Å². The highest BCUT2D eigenvalue weighted by atomic mass is 16.3. The van der Waals surface area contributed by atoms with E-state index in [-0.39, 0.29) is 6.10 Å². The van der Waals surface area contributed by atoms with Crippen LogP contribution in [0.5, 0.6) is 0 Å². The molecule has 0 aromatic carbocycles. The number of hydrogen-bond acceptors (Lipinski definition) is 3. The third-order valence-corrected chi connectivity index (χ3v) is 3.44. The number of rotatable bonds is 5. The van der Waals surface area contributed by atoms with E-state index in [0.717, 1.165) is 13.1 Å². The van der Waals surface area contributed by atoms with Crippen molar-refractivity contribution in [1.82, 2.24) is 14.7 Å². The van der Waals surface area contributed by atoms with Gasteiger partial charge in [0.2, 0.25) is 0 Å². The normalized spacial score (nSPS) is 18.1. The number of aliphatic hydroxyl groups is 1. The SMILES string of the molecule is Cc1c(CN(C)CC(O)C2CC2)cnn1C. The van der Waals surface area contributed by atoms with Gasteiger partial charge in [-0.15, -0.1) is 0 Å². The second-order valence-corrected chi connectivity index (χ2v) is 4.98. The molecule has 4 heteroatoms. The van der Waals surface area contributed by atoms with E-state index < -0.39 is 0 Å². The molecule has 1 aromatic heterocycles. The van der Waals surface area contributed by atoms with Crippen molar-refractivity contribution in [3.8, 4) is 0 Å². The molecule has 0 bridgehead atoms. The highest BCUT2D eigenvalue weighted by Gasteiger charge is 2.30. The molecule has 0 amide bonds. The maximum absolute atomic E-state index is 9.85. The molecule has 1 aliphatic carbocycles. The van der Waals surface area contributed by atoms with Gasteiger partial charge >= 0.3 is 0 Å². The summed E-state index contributed by atoms with van der Waals surface area (Å²) >= 11 is 0. The van der Waals surface area contributed by atoms with Crippen molar-refractivity contribution in [1.29, 1.82) is 0 Å². The van der Waals surface area contributed by atoms with Crippen LogP contribution in [0.4, 0.5) is 0 Å². The number of aliphatic hydroxyl groups excluding tert-OH is 1. The number of aryl methyl sites for hydroxylation is 1. The second-order valence-electron chi connectivity index (χ2n) is 4.98. The molecule has 1 aliphatic rings.